The van der Waals surface area contributed by atoms with Crippen molar-refractivity contribution in [2.24, 2.45) is 0 Å². The predicted molar refractivity (Wildman–Crippen MR) is 206 cm³/mol. The van der Waals surface area contributed by atoms with Crippen LogP contribution in [0.25, 0.3) is 27.8 Å². The lowest BCUT2D eigenvalue weighted by atomic mass is 9.86. The minimum atomic E-state index is -0.102. The molecule has 5 aromatic carbocycles. The van der Waals surface area contributed by atoms with E-state index in [4.69, 9.17) is 14.7 Å². The molecule has 0 aliphatic carbocycles. The highest BCUT2D eigenvalue weighted by atomic mass is 16.5. The Balaban J connectivity index is 1.20. The largest absolute Gasteiger partial charge is 0.457 e. The molecule has 0 saturated carbocycles. The van der Waals surface area contributed by atoms with Crippen LogP contribution in [0, 0.1) is 0 Å². The van der Waals surface area contributed by atoms with Gasteiger partial charge < -0.3 is 14.5 Å². The van der Waals surface area contributed by atoms with Gasteiger partial charge >= 0.3 is 0 Å². The van der Waals surface area contributed by atoms with Gasteiger partial charge in [0, 0.05) is 46.7 Å². The zero-order valence-electron chi connectivity index (χ0n) is 29.7. The lowest BCUT2D eigenvalue weighted by molar-refractivity contribution is 0.479. The summed E-state index contributed by atoms with van der Waals surface area (Å²) >= 11 is 0. The zero-order chi connectivity index (χ0) is 34.6. The Morgan fingerprint density at radius 1 is 0.640 bits per heavy atom. The molecule has 0 fully saturated rings. The molecule has 6 heteroatoms. The number of rotatable bonds is 6. The van der Waals surface area contributed by atoms with Crippen LogP contribution in [0.3, 0.4) is 0 Å². The van der Waals surface area contributed by atoms with Crippen molar-refractivity contribution >= 4 is 38.9 Å². The van der Waals surface area contributed by atoms with Crippen molar-refractivity contribution in [3.63, 3.8) is 0 Å². The van der Waals surface area contributed by atoms with E-state index in [0.717, 1.165) is 57.9 Å². The van der Waals surface area contributed by atoms with Gasteiger partial charge in [-0.3, -0.25) is 4.57 Å². The first-order valence-electron chi connectivity index (χ1n) is 17.4. The molecule has 0 unspecified atom stereocenters. The first-order chi connectivity index (χ1) is 24.0. The average Bonchev–Trinajstić information content (AvgIpc) is 3.63. The molecule has 0 spiro atoms. The van der Waals surface area contributed by atoms with Crippen LogP contribution in [0.1, 0.15) is 58.4 Å². The van der Waals surface area contributed by atoms with Crippen molar-refractivity contribution in [3.8, 4) is 17.4 Å². The van der Waals surface area contributed by atoms with E-state index < -0.39 is 0 Å². The van der Waals surface area contributed by atoms with E-state index >= 15 is 0 Å². The molecule has 1 aliphatic rings. The summed E-state index contributed by atoms with van der Waals surface area (Å²) < 4.78 is 8.96. The lowest BCUT2D eigenvalue weighted by Crippen LogP contribution is -2.27. The number of ether oxygens (including phenoxy) is 1. The van der Waals surface area contributed by atoms with Gasteiger partial charge in [-0.1, -0.05) is 102 Å². The van der Waals surface area contributed by atoms with Gasteiger partial charge in [-0.05, 0) is 65.1 Å². The topological polar surface area (TPSA) is 46.4 Å². The highest BCUT2D eigenvalue weighted by molar-refractivity contribution is 6.09. The van der Waals surface area contributed by atoms with Crippen molar-refractivity contribution in [3.05, 3.63) is 144 Å². The Labute approximate surface area is 294 Å². The highest BCUT2D eigenvalue weighted by Crippen LogP contribution is 2.44. The van der Waals surface area contributed by atoms with E-state index in [1.165, 1.54) is 22.5 Å². The second kappa shape index (κ2) is 12.1. The third-order valence-corrected chi connectivity index (χ3v) is 9.60. The molecular weight excluding hydrogens is 615 g/mol. The molecule has 0 bridgehead atoms. The molecule has 6 nitrogen and oxygen atoms in total. The van der Waals surface area contributed by atoms with Gasteiger partial charge in [0.15, 0.2) is 0 Å². The molecule has 0 radical (unpaired) electrons. The second-order valence-corrected chi connectivity index (χ2v) is 15.3. The minimum Gasteiger partial charge on any atom is -0.457 e. The number of fused-ring (bicyclic) bond motifs is 4. The summed E-state index contributed by atoms with van der Waals surface area (Å²) in [6, 6.07) is 42.8. The van der Waals surface area contributed by atoms with Gasteiger partial charge in [0.05, 0.1) is 34.8 Å². The van der Waals surface area contributed by atoms with Gasteiger partial charge in [-0.2, -0.15) is 0 Å². The SMILES string of the molecule is CC(C)(C)c1cc(Oc2ccc3c4ccccc4n(-c4nccc(C(C)(C)C)n4)c3c2)cc(N2CN(Cc3ccccc3)c3ccccc32)c1. The maximum atomic E-state index is 6.80. The van der Waals surface area contributed by atoms with Crippen LogP contribution in [0.15, 0.2) is 128 Å². The monoisotopic (exact) mass is 657 g/mol. The van der Waals surface area contributed by atoms with Crippen LogP contribution in [-0.4, -0.2) is 21.2 Å². The zero-order valence-corrected chi connectivity index (χ0v) is 29.7. The van der Waals surface area contributed by atoms with Crippen LogP contribution in [0.2, 0.25) is 0 Å². The minimum absolute atomic E-state index is 0.0805. The second-order valence-electron chi connectivity index (χ2n) is 15.3. The number of nitrogens with zero attached hydrogens (tertiary/aromatic N) is 5. The maximum Gasteiger partial charge on any atom is 0.234 e. The molecule has 1 aliphatic heterocycles. The van der Waals surface area contributed by atoms with E-state index in [-0.39, 0.29) is 10.8 Å². The summed E-state index contributed by atoms with van der Waals surface area (Å²) in [5, 5.41) is 2.29. The summed E-state index contributed by atoms with van der Waals surface area (Å²) in [7, 11) is 0. The Morgan fingerprint density at radius 2 is 1.36 bits per heavy atom. The fourth-order valence-corrected chi connectivity index (χ4v) is 6.91. The third-order valence-electron chi connectivity index (χ3n) is 9.60. The quantitative estimate of drug-likeness (QED) is 0.178. The molecule has 250 valence electrons. The van der Waals surface area contributed by atoms with Crippen molar-refractivity contribution in [1.82, 2.24) is 14.5 Å². The van der Waals surface area contributed by atoms with Crippen LogP contribution < -0.4 is 14.5 Å². The van der Waals surface area contributed by atoms with Crippen molar-refractivity contribution in [1.29, 1.82) is 0 Å². The van der Waals surface area contributed by atoms with Crippen LogP contribution in [0.5, 0.6) is 11.5 Å². The molecule has 0 amide bonds. The number of hydrogen-bond acceptors (Lipinski definition) is 5. The van der Waals surface area contributed by atoms with Gasteiger partial charge in [-0.25, -0.2) is 9.97 Å². The molecule has 3 heterocycles. The molecule has 7 aromatic rings. The predicted octanol–water partition coefficient (Wildman–Crippen LogP) is 11.1. The highest BCUT2D eigenvalue weighted by Gasteiger charge is 2.28. The van der Waals surface area contributed by atoms with Gasteiger partial charge in [0.25, 0.3) is 0 Å². The number of anilines is 3. The summed E-state index contributed by atoms with van der Waals surface area (Å²) in [4.78, 5) is 14.6. The third kappa shape index (κ3) is 5.85. The fraction of sp³-hybridized carbons (Fsp3) is 0.227. The van der Waals surface area contributed by atoms with E-state index in [0.29, 0.717) is 5.95 Å². The van der Waals surface area contributed by atoms with Crippen molar-refractivity contribution < 1.29 is 4.74 Å². The summed E-state index contributed by atoms with van der Waals surface area (Å²) in [5.41, 5.74) is 8.93. The van der Waals surface area contributed by atoms with Gasteiger partial charge in [-0.15, -0.1) is 0 Å². The molecule has 50 heavy (non-hydrogen) atoms. The lowest BCUT2D eigenvalue weighted by Gasteiger charge is -2.26. The molecule has 0 N–H and O–H groups in total. The first kappa shape index (κ1) is 31.6. The van der Waals surface area contributed by atoms with Crippen LogP contribution in [0.4, 0.5) is 17.1 Å². The normalized spacial score (nSPS) is 13.3. The number of aromatic nitrogens is 3. The first-order valence-corrected chi connectivity index (χ1v) is 17.4. The average molecular weight is 658 g/mol. The smallest absolute Gasteiger partial charge is 0.234 e. The van der Waals surface area contributed by atoms with E-state index in [9.17, 15) is 0 Å². The van der Waals surface area contributed by atoms with Crippen LogP contribution >= 0.6 is 0 Å². The molecule has 2 aromatic heterocycles. The Kier molecular flexibility index (Phi) is 7.63. The maximum absolute atomic E-state index is 6.80. The van der Waals surface area contributed by atoms with Crippen molar-refractivity contribution in [2.45, 2.75) is 58.9 Å². The Morgan fingerprint density at radius 3 is 2.14 bits per heavy atom. The van der Waals surface area contributed by atoms with E-state index in [2.05, 4.69) is 171 Å². The number of para-hydroxylation sites is 3. The summed E-state index contributed by atoms with van der Waals surface area (Å²) in [5.74, 6) is 2.23. The number of benzene rings is 5. The van der Waals surface area contributed by atoms with Gasteiger partial charge in [0.2, 0.25) is 5.95 Å². The van der Waals surface area contributed by atoms with E-state index in [1.54, 1.807) is 0 Å². The van der Waals surface area contributed by atoms with Crippen LogP contribution in [-0.2, 0) is 17.4 Å². The number of hydrogen-bond donors (Lipinski definition) is 0. The van der Waals surface area contributed by atoms with Gasteiger partial charge in [0.1, 0.15) is 11.5 Å². The molecule has 0 saturated heterocycles. The summed E-state index contributed by atoms with van der Waals surface area (Å²) in [6.07, 6.45) is 1.86. The molecule has 0 atom stereocenters. The standard InChI is InChI=1S/C44H43N5O/c1-43(2,3)31-24-32(48-29-47(28-30-14-8-7-9-15-30)38-18-12-13-19-39(38)48)26-34(25-31)50-33-20-21-36-35-16-10-11-17-37(35)49(40(36)27-33)42-45-23-22-41(46-42)44(4,5)6/h7-27H,28-29H2,1-6H3. The fourth-order valence-electron chi connectivity index (χ4n) is 6.91. The molecular formula is C44H43N5O. The van der Waals surface area contributed by atoms with E-state index in [1.807, 2.05) is 12.3 Å². The Bertz CT molecular complexity index is 2350. The molecule has 8 rings (SSSR count). The Hall–Kier alpha value is -5.62. The summed E-state index contributed by atoms with van der Waals surface area (Å²) in [6.45, 7) is 14.9. The van der Waals surface area contributed by atoms with Crippen molar-refractivity contribution in [2.75, 3.05) is 16.5 Å².